The zero-order valence-electron chi connectivity index (χ0n) is 13.5. The molecule has 4 rings (SSSR count). The maximum atomic E-state index is 13.6. The maximum Gasteiger partial charge on any atom is 0.140 e. The van der Waals surface area contributed by atoms with E-state index in [0.29, 0.717) is 12.1 Å². The number of rotatable bonds is 3. The van der Waals surface area contributed by atoms with E-state index in [1.165, 1.54) is 30.0 Å². The number of nitrogens with zero attached hydrogens (tertiary/aromatic N) is 2. The van der Waals surface area contributed by atoms with Gasteiger partial charge >= 0.3 is 0 Å². The highest BCUT2D eigenvalue weighted by atomic mass is 19.1. The van der Waals surface area contributed by atoms with Gasteiger partial charge in [0.25, 0.3) is 0 Å². The second-order valence-corrected chi connectivity index (χ2v) is 6.66. The summed E-state index contributed by atoms with van der Waals surface area (Å²) in [5.41, 5.74) is 3.72. The molecule has 1 fully saturated rings. The van der Waals surface area contributed by atoms with Crippen LogP contribution in [0.4, 0.5) is 4.39 Å². The van der Waals surface area contributed by atoms with E-state index in [4.69, 9.17) is 5.26 Å². The predicted octanol–water partition coefficient (Wildman–Crippen LogP) is 4.52. The van der Waals surface area contributed by atoms with Gasteiger partial charge in [0.15, 0.2) is 0 Å². The molecule has 0 aliphatic carbocycles. The average molecular weight is 318 g/mol. The fraction of sp³-hybridized carbons (Fsp3) is 0.286. The van der Waals surface area contributed by atoms with Crippen molar-refractivity contribution in [3.63, 3.8) is 0 Å². The van der Waals surface area contributed by atoms with Crippen molar-refractivity contribution in [2.75, 3.05) is 0 Å². The minimum Gasteiger partial charge on any atom is -0.289 e. The summed E-state index contributed by atoms with van der Waals surface area (Å²) < 4.78 is 13.6. The smallest absolute Gasteiger partial charge is 0.140 e. The summed E-state index contributed by atoms with van der Waals surface area (Å²) in [5, 5.41) is 9.05. The summed E-state index contributed by atoms with van der Waals surface area (Å²) in [6.45, 7) is 0.979. The Balaban J connectivity index is 1.59. The fourth-order valence-corrected chi connectivity index (χ4v) is 3.98. The Hall–Kier alpha value is -2.44. The van der Waals surface area contributed by atoms with Crippen LogP contribution in [0.5, 0.6) is 0 Å². The van der Waals surface area contributed by atoms with Crippen LogP contribution in [-0.2, 0) is 6.54 Å². The molecule has 120 valence electrons. The Bertz CT molecular complexity index is 819. The normalized spacial score (nSPS) is 22.9. The van der Waals surface area contributed by atoms with Crippen LogP contribution >= 0.6 is 0 Å². The molecule has 2 unspecified atom stereocenters. The molecule has 0 N–H and O–H groups in total. The van der Waals surface area contributed by atoms with Gasteiger partial charge in [0.2, 0.25) is 0 Å². The van der Waals surface area contributed by atoms with Gasteiger partial charge in [0.1, 0.15) is 11.9 Å². The molecule has 2 bridgehead atoms. The largest absolute Gasteiger partial charge is 0.289 e. The lowest BCUT2D eigenvalue weighted by Gasteiger charge is -2.34. The SMILES string of the molecule is N#Cc1cc(C2=CC3CCC(C2)N3Cc2ccccc2)ccc1F. The second-order valence-electron chi connectivity index (χ2n) is 6.66. The molecular weight excluding hydrogens is 299 g/mol. The van der Waals surface area contributed by atoms with E-state index in [9.17, 15) is 4.39 Å². The van der Waals surface area contributed by atoms with Crippen molar-refractivity contribution < 1.29 is 4.39 Å². The Kier molecular flexibility index (Phi) is 3.92. The van der Waals surface area contributed by atoms with Crippen LogP contribution in [0.3, 0.4) is 0 Å². The second kappa shape index (κ2) is 6.22. The third-order valence-electron chi connectivity index (χ3n) is 5.21. The Labute approximate surface area is 141 Å². The highest BCUT2D eigenvalue weighted by Crippen LogP contribution is 2.39. The molecule has 0 saturated carbocycles. The fourth-order valence-electron chi connectivity index (χ4n) is 3.98. The average Bonchev–Trinajstić information content (AvgIpc) is 2.84. The highest BCUT2D eigenvalue weighted by Gasteiger charge is 2.36. The van der Waals surface area contributed by atoms with Gasteiger partial charge in [-0.05, 0) is 48.1 Å². The molecule has 0 amide bonds. The zero-order chi connectivity index (χ0) is 16.5. The van der Waals surface area contributed by atoms with Gasteiger partial charge in [0.05, 0.1) is 5.56 Å². The van der Waals surface area contributed by atoms with E-state index >= 15 is 0 Å². The van der Waals surface area contributed by atoms with Gasteiger partial charge in [-0.25, -0.2) is 4.39 Å². The van der Waals surface area contributed by atoms with Crippen molar-refractivity contribution in [1.29, 1.82) is 5.26 Å². The van der Waals surface area contributed by atoms with E-state index in [1.807, 2.05) is 12.1 Å². The summed E-state index contributed by atoms with van der Waals surface area (Å²) >= 11 is 0. The number of hydrogen-bond acceptors (Lipinski definition) is 2. The molecule has 24 heavy (non-hydrogen) atoms. The molecule has 1 saturated heterocycles. The maximum absolute atomic E-state index is 13.6. The van der Waals surface area contributed by atoms with Crippen molar-refractivity contribution in [3.8, 4) is 6.07 Å². The van der Waals surface area contributed by atoms with Gasteiger partial charge in [-0.3, -0.25) is 4.90 Å². The van der Waals surface area contributed by atoms with Crippen molar-refractivity contribution in [1.82, 2.24) is 4.90 Å². The monoisotopic (exact) mass is 318 g/mol. The topological polar surface area (TPSA) is 27.0 Å². The van der Waals surface area contributed by atoms with Crippen LogP contribution in [0.2, 0.25) is 0 Å². The molecule has 2 aliphatic heterocycles. The molecule has 2 aromatic rings. The molecule has 0 radical (unpaired) electrons. The predicted molar refractivity (Wildman–Crippen MR) is 92.5 cm³/mol. The number of benzene rings is 2. The zero-order valence-corrected chi connectivity index (χ0v) is 13.5. The standard InChI is InChI=1S/C21H19FN2/c22-21-9-6-16(10-18(21)13-23)17-11-19-7-8-20(12-17)24(19)14-15-4-2-1-3-5-15/h1-6,9-11,19-20H,7-8,12,14H2. The van der Waals surface area contributed by atoms with E-state index in [-0.39, 0.29) is 5.56 Å². The van der Waals surface area contributed by atoms with Crippen molar-refractivity contribution in [2.24, 2.45) is 0 Å². The third-order valence-corrected chi connectivity index (χ3v) is 5.21. The first-order chi connectivity index (χ1) is 11.7. The minimum absolute atomic E-state index is 0.132. The Morgan fingerprint density at radius 3 is 2.71 bits per heavy atom. The summed E-state index contributed by atoms with van der Waals surface area (Å²) in [6, 6.07) is 18.4. The lowest BCUT2D eigenvalue weighted by Crippen LogP contribution is -2.37. The Morgan fingerprint density at radius 1 is 1.12 bits per heavy atom. The summed E-state index contributed by atoms with van der Waals surface area (Å²) in [4.78, 5) is 2.58. The van der Waals surface area contributed by atoms with E-state index in [2.05, 4.69) is 35.2 Å². The van der Waals surface area contributed by atoms with Crippen LogP contribution in [0.25, 0.3) is 5.57 Å². The van der Waals surface area contributed by atoms with Crippen molar-refractivity contribution in [2.45, 2.75) is 37.9 Å². The third kappa shape index (κ3) is 2.74. The Morgan fingerprint density at radius 2 is 1.96 bits per heavy atom. The van der Waals surface area contributed by atoms with Gasteiger partial charge in [-0.15, -0.1) is 0 Å². The van der Waals surface area contributed by atoms with Crippen molar-refractivity contribution >= 4 is 5.57 Å². The summed E-state index contributed by atoms with van der Waals surface area (Å²) in [5.74, 6) is -0.439. The molecule has 2 atom stereocenters. The first kappa shape index (κ1) is 15.1. The molecule has 0 spiro atoms. The number of nitriles is 1. The minimum atomic E-state index is -0.439. The van der Waals surface area contributed by atoms with Gasteiger partial charge in [0, 0.05) is 18.6 Å². The molecule has 3 heteroatoms. The van der Waals surface area contributed by atoms with E-state index in [1.54, 1.807) is 12.1 Å². The first-order valence-corrected chi connectivity index (χ1v) is 8.45. The van der Waals surface area contributed by atoms with Gasteiger partial charge in [-0.2, -0.15) is 5.26 Å². The van der Waals surface area contributed by atoms with Crippen molar-refractivity contribution in [3.05, 3.63) is 77.1 Å². The van der Waals surface area contributed by atoms with Gasteiger partial charge < -0.3 is 0 Å². The lowest BCUT2D eigenvalue weighted by atomic mass is 9.93. The van der Waals surface area contributed by atoms with Crippen LogP contribution in [-0.4, -0.2) is 17.0 Å². The number of halogens is 1. The van der Waals surface area contributed by atoms with E-state index < -0.39 is 5.82 Å². The quantitative estimate of drug-likeness (QED) is 0.832. The molecule has 2 nitrogen and oxygen atoms in total. The van der Waals surface area contributed by atoms with Crippen LogP contribution in [0.15, 0.2) is 54.6 Å². The van der Waals surface area contributed by atoms with E-state index in [0.717, 1.165) is 18.5 Å². The van der Waals surface area contributed by atoms with Crippen LogP contribution in [0.1, 0.15) is 36.0 Å². The van der Waals surface area contributed by atoms with Gasteiger partial charge in [-0.1, -0.05) is 42.5 Å². The molecular formula is C21H19FN2. The molecule has 2 aliphatic rings. The molecule has 2 heterocycles. The number of hydrogen-bond donors (Lipinski definition) is 0. The molecule has 0 aromatic heterocycles. The molecule has 2 aromatic carbocycles. The summed E-state index contributed by atoms with van der Waals surface area (Å²) in [7, 11) is 0. The summed E-state index contributed by atoms with van der Waals surface area (Å²) in [6.07, 6.45) is 5.66. The van der Waals surface area contributed by atoms with Crippen LogP contribution < -0.4 is 0 Å². The first-order valence-electron chi connectivity index (χ1n) is 8.45. The number of fused-ring (bicyclic) bond motifs is 2. The highest BCUT2D eigenvalue weighted by molar-refractivity contribution is 5.69. The lowest BCUT2D eigenvalue weighted by molar-refractivity contribution is 0.203. The van der Waals surface area contributed by atoms with Crippen LogP contribution in [0, 0.1) is 17.1 Å².